The molecule has 1 heterocycles. The van der Waals surface area contributed by atoms with Gasteiger partial charge in [0.15, 0.2) is 0 Å². The molecule has 2 nitrogen and oxygen atoms in total. The smallest absolute Gasteiger partial charge is 0.0247 e. The molecule has 0 bridgehead atoms. The zero-order chi connectivity index (χ0) is 13.4. The van der Waals surface area contributed by atoms with Crippen molar-refractivity contribution in [1.29, 1.82) is 0 Å². The molecule has 1 saturated heterocycles. The van der Waals surface area contributed by atoms with E-state index in [9.17, 15) is 0 Å². The fourth-order valence-electron chi connectivity index (χ4n) is 4.16. The van der Waals surface area contributed by atoms with Gasteiger partial charge in [-0.25, -0.2) is 0 Å². The number of piperazine rings is 1. The fraction of sp³-hybridized carbons (Fsp3) is 1.00. The SMILES string of the molecule is CCCC1CN(C(C2CC2)C2CC2)C(C(C)C)CN1. The van der Waals surface area contributed by atoms with Crippen LogP contribution in [0, 0.1) is 17.8 Å². The summed E-state index contributed by atoms with van der Waals surface area (Å²) in [7, 11) is 0. The lowest BCUT2D eigenvalue weighted by molar-refractivity contribution is 0.0344. The lowest BCUT2D eigenvalue weighted by Gasteiger charge is -2.47. The van der Waals surface area contributed by atoms with Gasteiger partial charge in [0.2, 0.25) is 0 Å². The van der Waals surface area contributed by atoms with E-state index in [0.29, 0.717) is 0 Å². The van der Waals surface area contributed by atoms with Crippen LogP contribution in [0.4, 0.5) is 0 Å². The van der Waals surface area contributed by atoms with Gasteiger partial charge in [0, 0.05) is 31.2 Å². The molecule has 2 unspecified atom stereocenters. The summed E-state index contributed by atoms with van der Waals surface area (Å²) in [5.74, 6) is 2.89. The van der Waals surface area contributed by atoms with Gasteiger partial charge in [-0.15, -0.1) is 0 Å². The van der Waals surface area contributed by atoms with E-state index in [1.807, 2.05) is 0 Å². The van der Waals surface area contributed by atoms with Crippen molar-refractivity contribution >= 4 is 0 Å². The Balaban J connectivity index is 1.71. The molecule has 3 aliphatic rings. The van der Waals surface area contributed by atoms with Crippen LogP contribution in [0.5, 0.6) is 0 Å². The van der Waals surface area contributed by atoms with Gasteiger partial charge in [0.1, 0.15) is 0 Å². The summed E-state index contributed by atoms with van der Waals surface area (Å²) in [5, 5.41) is 3.81. The van der Waals surface area contributed by atoms with Crippen molar-refractivity contribution in [2.24, 2.45) is 17.8 Å². The largest absolute Gasteiger partial charge is 0.311 e. The summed E-state index contributed by atoms with van der Waals surface area (Å²) < 4.78 is 0. The lowest BCUT2D eigenvalue weighted by Crippen LogP contribution is -2.61. The second kappa shape index (κ2) is 5.73. The minimum absolute atomic E-state index is 0.750. The van der Waals surface area contributed by atoms with Crippen LogP contribution in [0.1, 0.15) is 59.3 Å². The summed E-state index contributed by atoms with van der Waals surface area (Å²) in [6.45, 7) is 9.68. The van der Waals surface area contributed by atoms with Crippen molar-refractivity contribution in [3.8, 4) is 0 Å². The van der Waals surface area contributed by atoms with Crippen molar-refractivity contribution in [3.05, 3.63) is 0 Å². The van der Waals surface area contributed by atoms with Gasteiger partial charge in [-0.3, -0.25) is 4.90 Å². The maximum Gasteiger partial charge on any atom is 0.0247 e. The molecular formula is C17H32N2. The summed E-state index contributed by atoms with van der Waals surface area (Å²) in [6.07, 6.45) is 8.70. The standard InChI is InChI=1S/C17H32N2/c1-4-5-15-11-19(16(10-18-15)12(2)3)17(13-6-7-13)14-8-9-14/h12-18H,4-11H2,1-3H3. The van der Waals surface area contributed by atoms with Gasteiger partial charge in [-0.2, -0.15) is 0 Å². The first-order valence-electron chi connectivity index (χ1n) is 8.69. The monoisotopic (exact) mass is 264 g/mol. The van der Waals surface area contributed by atoms with Gasteiger partial charge in [0.25, 0.3) is 0 Å². The van der Waals surface area contributed by atoms with Crippen molar-refractivity contribution in [3.63, 3.8) is 0 Å². The second-order valence-electron chi connectivity index (χ2n) is 7.57. The molecule has 0 radical (unpaired) electrons. The first-order chi connectivity index (χ1) is 9.20. The third kappa shape index (κ3) is 3.16. The molecule has 0 aromatic heterocycles. The zero-order valence-corrected chi connectivity index (χ0v) is 13.1. The topological polar surface area (TPSA) is 15.3 Å². The van der Waals surface area contributed by atoms with E-state index in [4.69, 9.17) is 0 Å². The van der Waals surface area contributed by atoms with Crippen LogP contribution >= 0.6 is 0 Å². The normalized spacial score (nSPS) is 33.3. The van der Waals surface area contributed by atoms with Crippen LogP contribution in [-0.4, -0.2) is 36.1 Å². The molecule has 2 aliphatic carbocycles. The Morgan fingerprint density at radius 3 is 2.21 bits per heavy atom. The Morgan fingerprint density at radius 2 is 1.74 bits per heavy atom. The van der Waals surface area contributed by atoms with Crippen molar-refractivity contribution < 1.29 is 0 Å². The Bertz CT molecular complexity index is 282. The molecule has 1 N–H and O–H groups in total. The predicted molar refractivity (Wildman–Crippen MR) is 81.3 cm³/mol. The van der Waals surface area contributed by atoms with Gasteiger partial charge in [0.05, 0.1) is 0 Å². The maximum absolute atomic E-state index is 3.81. The molecule has 3 fully saturated rings. The lowest BCUT2D eigenvalue weighted by atomic mass is 9.92. The van der Waals surface area contributed by atoms with Gasteiger partial charge in [-0.1, -0.05) is 27.2 Å². The van der Waals surface area contributed by atoms with Crippen LogP contribution in [0.3, 0.4) is 0 Å². The number of hydrogen-bond donors (Lipinski definition) is 1. The molecule has 1 aliphatic heterocycles. The van der Waals surface area contributed by atoms with E-state index in [0.717, 1.165) is 35.9 Å². The van der Waals surface area contributed by atoms with Crippen molar-refractivity contribution in [2.75, 3.05) is 13.1 Å². The van der Waals surface area contributed by atoms with E-state index < -0.39 is 0 Å². The van der Waals surface area contributed by atoms with E-state index in [-0.39, 0.29) is 0 Å². The first kappa shape index (κ1) is 13.9. The zero-order valence-electron chi connectivity index (χ0n) is 13.1. The van der Waals surface area contributed by atoms with E-state index in [2.05, 4.69) is 31.0 Å². The third-order valence-electron chi connectivity index (χ3n) is 5.47. The van der Waals surface area contributed by atoms with Crippen LogP contribution in [-0.2, 0) is 0 Å². The molecule has 2 saturated carbocycles. The summed E-state index contributed by atoms with van der Waals surface area (Å²) >= 11 is 0. The average Bonchev–Trinajstić information content (AvgIpc) is 3.24. The highest BCUT2D eigenvalue weighted by Crippen LogP contribution is 2.48. The van der Waals surface area contributed by atoms with Crippen LogP contribution < -0.4 is 5.32 Å². The Kier molecular flexibility index (Phi) is 4.19. The molecule has 110 valence electrons. The highest BCUT2D eigenvalue weighted by Gasteiger charge is 2.47. The third-order valence-corrected chi connectivity index (χ3v) is 5.47. The minimum atomic E-state index is 0.750. The first-order valence-corrected chi connectivity index (χ1v) is 8.69. The van der Waals surface area contributed by atoms with E-state index >= 15 is 0 Å². The molecular weight excluding hydrogens is 232 g/mol. The number of nitrogens with one attached hydrogen (secondary N) is 1. The maximum atomic E-state index is 3.81. The molecule has 3 rings (SSSR count). The predicted octanol–water partition coefficient (Wildman–Crippen LogP) is 3.27. The molecule has 2 heteroatoms. The minimum Gasteiger partial charge on any atom is -0.311 e. The van der Waals surface area contributed by atoms with Gasteiger partial charge >= 0.3 is 0 Å². The van der Waals surface area contributed by atoms with Gasteiger partial charge < -0.3 is 5.32 Å². The van der Waals surface area contributed by atoms with Crippen LogP contribution in [0.25, 0.3) is 0 Å². The number of hydrogen-bond acceptors (Lipinski definition) is 2. The average molecular weight is 264 g/mol. The Morgan fingerprint density at radius 1 is 1.11 bits per heavy atom. The Labute approximate surface area is 119 Å². The fourth-order valence-corrected chi connectivity index (χ4v) is 4.16. The van der Waals surface area contributed by atoms with Crippen molar-refractivity contribution in [1.82, 2.24) is 10.2 Å². The van der Waals surface area contributed by atoms with Crippen LogP contribution in [0.15, 0.2) is 0 Å². The number of nitrogens with zero attached hydrogens (tertiary/aromatic N) is 1. The Hall–Kier alpha value is -0.0800. The summed E-state index contributed by atoms with van der Waals surface area (Å²) in [5.41, 5.74) is 0. The van der Waals surface area contributed by atoms with Gasteiger partial charge in [-0.05, 0) is 49.9 Å². The molecule has 0 aromatic carbocycles. The summed E-state index contributed by atoms with van der Waals surface area (Å²) in [6, 6.07) is 2.47. The van der Waals surface area contributed by atoms with E-state index in [1.165, 1.54) is 51.6 Å². The van der Waals surface area contributed by atoms with E-state index in [1.54, 1.807) is 0 Å². The second-order valence-corrected chi connectivity index (χ2v) is 7.57. The molecule has 19 heavy (non-hydrogen) atoms. The quantitative estimate of drug-likeness (QED) is 0.792. The van der Waals surface area contributed by atoms with Crippen molar-refractivity contribution in [2.45, 2.75) is 77.4 Å². The highest BCUT2D eigenvalue weighted by atomic mass is 15.3. The highest BCUT2D eigenvalue weighted by molar-refractivity contribution is 5.02. The molecule has 2 atom stereocenters. The van der Waals surface area contributed by atoms with Crippen LogP contribution in [0.2, 0.25) is 0 Å². The molecule has 0 aromatic rings. The summed E-state index contributed by atoms with van der Waals surface area (Å²) in [4.78, 5) is 2.96. The molecule has 0 amide bonds. The number of rotatable bonds is 6. The molecule has 0 spiro atoms.